The first-order chi connectivity index (χ1) is 22.3. The van der Waals surface area contributed by atoms with E-state index < -0.39 is 0 Å². The Hall–Kier alpha value is -5.78. The number of hydrogen-bond donors (Lipinski definition) is 0. The van der Waals surface area contributed by atoms with Crippen molar-refractivity contribution in [2.75, 3.05) is 4.90 Å². The average molecular weight is 593 g/mol. The van der Waals surface area contributed by atoms with Gasteiger partial charge in [-0.05, 0) is 42.5 Å². The van der Waals surface area contributed by atoms with Crippen molar-refractivity contribution >= 4 is 70.6 Å². The maximum absolute atomic E-state index is 5.26. The molecule has 0 spiro atoms. The highest BCUT2D eigenvalue weighted by Gasteiger charge is 2.31. The number of hydrogen-bond acceptors (Lipinski definition) is 4. The molecule has 0 atom stereocenters. The second-order valence-electron chi connectivity index (χ2n) is 11.4. The van der Waals surface area contributed by atoms with Crippen molar-refractivity contribution in [3.8, 4) is 28.2 Å². The molecule has 0 amide bonds. The fourth-order valence-corrected chi connectivity index (χ4v) is 8.13. The summed E-state index contributed by atoms with van der Waals surface area (Å²) in [5.41, 5.74) is 9.51. The molecule has 0 radical (unpaired) electrons. The highest BCUT2D eigenvalue weighted by atomic mass is 32.1. The van der Waals surface area contributed by atoms with Gasteiger partial charge in [0, 0.05) is 42.1 Å². The number of benzene rings is 6. The second-order valence-corrected chi connectivity index (χ2v) is 12.5. The van der Waals surface area contributed by atoms with Crippen LogP contribution in [0.15, 0.2) is 146 Å². The van der Waals surface area contributed by atoms with Gasteiger partial charge in [-0.25, -0.2) is 9.97 Å². The van der Waals surface area contributed by atoms with Crippen LogP contribution in [0.25, 0.3) is 70.2 Å². The van der Waals surface area contributed by atoms with Gasteiger partial charge in [-0.15, -0.1) is 11.3 Å². The topological polar surface area (TPSA) is 34.0 Å². The number of rotatable bonds is 3. The smallest absolute Gasteiger partial charge is 0.235 e. The molecule has 9 aromatic rings. The molecule has 6 aromatic carbocycles. The monoisotopic (exact) mass is 592 g/mol. The molecule has 0 bridgehead atoms. The van der Waals surface area contributed by atoms with Gasteiger partial charge >= 0.3 is 0 Å². The van der Waals surface area contributed by atoms with E-state index >= 15 is 0 Å². The molecular formula is C40H24N4S. The van der Waals surface area contributed by atoms with E-state index in [4.69, 9.17) is 9.97 Å². The van der Waals surface area contributed by atoms with E-state index in [1.807, 2.05) is 23.5 Å². The molecule has 0 N–H and O–H groups in total. The summed E-state index contributed by atoms with van der Waals surface area (Å²) in [5.74, 6) is 0.651. The van der Waals surface area contributed by atoms with E-state index in [1.54, 1.807) is 0 Å². The number of anilines is 3. The summed E-state index contributed by atoms with van der Waals surface area (Å²) in [7, 11) is 0. The molecule has 0 saturated carbocycles. The van der Waals surface area contributed by atoms with Crippen molar-refractivity contribution in [1.29, 1.82) is 0 Å². The maximum atomic E-state index is 5.26. The molecule has 1 aliphatic rings. The van der Waals surface area contributed by atoms with Crippen molar-refractivity contribution in [2.45, 2.75) is 0 Å². The number of para-hydroxylation sites is 3. The Bertz CT molecular complexity index is 2540. The summed E-state index contributed by atoms with van der Waals surface area (Å²) in [5, 5.41) is 5.16. The van der Waals surface area contributed by atoms with Crippen molar-refractivity contribution in [1.82, 2.24) is 14.5 Å². The van der Waals surface area contributed by atoms with Crippen LogP contribution in [0.3, 0.4) is 0 Å². The lowest BCUT2D eigenvalue weighted by Crippen LogP contribution is -2.20. The molecule has 3 aromatic heterocycles. The minimum atomic E-state index is 0.651. The standard InChI is InChI=1S/C40H24N4S/c1-3-12-25(13-4-1)29-24-30(26-14-5-2-6-15-26)42-40(41-29)44-32-19-9-8-18-31(32)43-33-22-23-36-38(27-16-7-10-21-35(27)45-36)37(33)28-17-11-20-34(44)39(28)43/h1-24H. The Morgan fingerprint density at radius 2 is 1.09 bits per heavy atom. The third-order valence-electron chi connectivity index (χ3n) is 8.93. The Morgan fingerprint density at radius 1 is 0.467 bits per heavy atom. The molecular weight excluding hydrogens is 569 g/mol. The van der Waals surface area contributed by atoms with Gasteiger partial charge < -0.3 is 4.57 Å². The lowest BCUT2D eigenvalue weighted by Gasteiger charge is -2.31. The molecule has 10 rings (SSSR count). The van der Waals surface area contributed by atoms with Crippen LogP contribution in [0.2, 0.25) is 0 Å². The summed E-state index contributed by atoms with van der Waals surface area (Å²) >= 11 is 1.86. The molecule has 4 heterocycles. The summed E-state index contributed by atoms with van der Waals surface area (Å²) in [4.78, 5) is 12.8. The zero-order chi connectivity index (χ0) is 29.5. The third-order valence-corrected chi connectivity index (χ3v) is 10.1. The van der Waals surface area contributed by atoms with Gasteiger partial charge in [0.25, 0.3) is 0 Å². The van der Waals surface area contributed by atoms with Crippen LogP contribution in [0.1, 0.15) is 0 Å². The fraction of sp³-hybridized carbons (Fsp3) is 0. The maximum Gasteiger partial charge on any atom is 0.235 e. The summed E-state index contributed by atoms with van der Waals surface area (Å²) in [6.45, 7) is 0. The lowest BCUT2D eigenvalue weighted by atomic mass is 10.0. The van der Waals surface area contributed by atoms with Gasteiger partial charge in [-0.1, -0.05) is 103 Å². The van der Waals surface area contributed by atoms with Gasteiger partial charge in [0.15, 0.2) is 0 Å². The Kier molecular flexibility index (Phi) is 5.12. The Balaban J connectivity index is 1.32. The molecule has 1 aliphatic heterocycles. The molecule has 0 fully saturated rings. The lowest BCUT2D eigenvalue weighted by molar-refractivity contribution is 1.04. The fourth-order valence-electron chi connectivity index (χ4n) is 7.02. The van der Waals surface area contributed by atoms with E-state index in [0.717, 1.165) is 39.6 Å². The van der Waals surface area contributed by atoms with Gasteiger partial charge in [-0.2, -0.15) is 0 Å². The third kappa shape index (κ3) is 3.53. The van der Waals surface area contributed by atoms with Crippen LogP contribution >= 0.6 is 11.3 Å². The van der Waals surface area contributed by atoms with Crippen LogP contribution in [0.5, 0.6) is 0 Å². The summed E-state index contributed by atoms with van der Waals surface area (Å²) < 4.78 is 5.06. The zero-order valence-corrected chi connectivity index (χ0v) is 24.9. The van der Waals surface area contributed by atoms with Crippen LogP contribution < -0.4 is 4.90 Å². The molecule has 0 saturated heterocycles. The van der Waals surface area contributed by atoms with Crippen molar-refractivity contribution in [3.63, 3.8) is 0 Å². The van der Waals surface area contributed by atoms with Crippen molar-refractivity contribution in [3.05, 3.63) is 146 Å². The van der Waals surface area contributed by atoms with Crippen LogP contribution in [0.4, 0.5) is 17.3 Å². The summed E-state index contributed by atoms with van der Waals surface area (Å²) in [6, 6.07) is 51.5. The van der Waals surface area contributed by atoms with Crippen molar-refractivity contribution in [2.24, 2.45) is 0 Å². The Morgan fingerprint density at radius 3 is 1.84 bits per heavy atom. The SMILES string of the molecule is c1ccc(-c2cc(-c3ccccc3)nc(N3c4ccccc4-n4c5ccc6sc7ccccc7c6c5c5cccc3c54)n2)cc1. The second kappa shape index (κ2) is 9.36. The van der Waals surface area contributed by atoms with Crippen LogP contribution in [0, 0.1) is 0 Å². The van der Waals surface area contributed by atoms with E-state index in [2.05, 4.69) is 143 Å². The van der Waals surface area contributed by atoms with Gasteiger partial charge in [0.1, 0.15) is 0 Å². The largest absolute Gasteiger partial charge is 0.305 e. The molecule has 5 heteroatoms. The van der Waals surface area contributed by atoms with Crippen molar-refractivity contribution < 1.29 is 0 Å². The molecule has 4 nitrogen and oxygen atoms in total. The molecule has 45 heavy (non-hydrogen) atoms. The number of aromatic nitrogens is 3. The van der Waals surface area contributed by atoms with Crippen LogP contribution in [-0.4, -0.2) is 14.5 Å². The first kappa shape index (κ1) is 24.6. The quantitative estimate of drug-likeness (QED) is 0.205. The predicted octanol–water partition coefficient (Wildman–Crippen LogP) is 11.1. The van der Waals surface area contributed by atoms with Crippen LogP contribution in [-0.2, 0) is 0 Å². The molecule has 210 valence electrons. The van der Waals surface area contributed by atoms with E-state index in [0.29, 0.717) is 5.95 Å². The van der Waals surface area contributed by atoms with Gasteiger partial charge in [0.05, 0.1) is 39.5 Å². The normalized spacial score (nSPS) is 12.4. The zero-order valence-electron chi connectivity index (χ0n) is 24.1. The predicted molar refractivity (Wildman–Crippen MR) is 188 cm³/mol. The minimum Gasteiger partial charge on any atom is -0.305 e. The van der Waals surface area contributed by atoms with Gasteiger partial charge in [0.2, 0.25) is 5.95 Å². The molecule has 0 aliphatic carbocycles. The van der Waals surface area contributed by atoms with E-state index in [-0.39, 0.29) is 0 Å². The first-order valence-electron chi connectivity index (χ1n) is 15.1. The molecule has 0 unspecified atom stereocenters. The van der Waals surface area contributed by atoms with E-state index in [9.17, 15) is 0 Å². The Labute approximate surface area is 263 Å². The van der Waals surface area contributed by atoms with Gasteiger partial charge in [-0.3, -0.25) is 4.90 Å². The minimum absolute atomic E-state index is 0.651. The first-order valence-corrected chi connectivity index (χ1v) is 15.9. The average Bonchev–Trinajstić information content (AvgIpc) is 3.66. The highest BCUT2D eigenvalue weighted by Crippen LogP contribution is 2.51. The summed E-state index contributed by atoms with van der Waals surface area (Å²) in [6.07, 6.45) is 0. The van der Waals surface area contributed by atoms with E-state index in [1.165, 1.54) is 42.0 Å². The number of thiophene rings is 1. The number of nitrogens with zero attached hydrogens (tertiary/aromatic N) is 4. The number of fused-ring (bicyclic) bond motifs is 9. The highest BCUT2D eigenvalue weighted by molar-refractivity contribution is 7.26.